The zero-order valence-electron chi connectivity index (χ0n) is 12.5. The fourth-order valence-electron chi connectivity index (χ4n) is 1.57. The number of esters is 1. The van der Waals surface area contributed by atoms with Crippen LogP contribution in [-0.2, 0) is 14.3 Å². The summed E-state index contributed by atoms with van der Waals surface area (Å²) in [6.07, 6.45) is -0.720. The van der Waals surface area contributed by atoms with E-state index in [-0.39, 0.29) is 0 Å². The molecule has 6 nitrogen and oxygen atoms in total. The SMILES string of the molecule is COC(=O)C(NC(=O)OC(C)(C)C)c1ccc(C#N)cc1. The van der Waals surface area contributed by atoms with E-state index in [1.165, 1.54) is 7.11 Å². The number of methoxy groups -OCH3 is 1. The average molecular weight is 290 g/mol. The summed E-state index contributed by atoms with van der Waals surface area (Å²) in [7, 11) is 1.23. The molecule has 0 aromatic heterocycles. The number of ether oxygens (including phenoxy) is 2. The Bertz CT molecular complexity index is 553. The van der Waals surface area contributed by atoms with E-state index >= 15 is 0 Å². The highest BCUT2D eigenvalue weighted by atomic mass is 16.6. The molecular formula is C15H18N2O4. The Morgan fingerprint density at radius 3 is 2.24 bits per heavy atom. The van der Waals surface area contributed by atoms with Gasteiger partial charge in [0.05, 0.1) is 18.7 Å². The van der Waals surface area contributed by atoms with Crippen molar-refractivity contribution in [2.45, 2.75) is 32.4 Å². The lowest BCUT2D eigenvalue weighted by atomic mass is 10.1. The van der Waals surface area contributed by atoms with Gasteiger partial charge in [0.25, 0.3) is 0 Å². The van der Waals surface area contributed by atoms with Crippen LogP contribution in [0, 0.1) is 11.3 Å². The molecule has 112 valence electrons. The lowest BCUT2D eigenvalue weighted by Gasteiger charge is -2.22. The summed E-state index contributed by atoms with van der Waals surface area (Å²) >= 11 is 0. The van der Waals surface area contributed by atoms with Crippen molar-refractivity contribution in [1.82, 2.24) is 5.32 Å². The quantitative estimate of drug-likeness (QED) is 0.863. The van der Waals surface area contributed by atoms with Gasteiger partial charge in [-0.05, 0) is 38.5 Å². The van der Waals surface area contributed by atoms with Gasteiger partial charge in [0.15, 0.2) is 6.04 Å². The van der Waals surface area contributed by atoms with Crippen molar-refractivity contribution in [3.05, 3.63) is 35.4 Å². The molecule has 1 amide bonds. The Morgan fingerprint density at radius 1 is 1.24 bits per heavy atom. The molecule has 0 heterocycles. The van der Waals surface area contributed by atoms with Crippen LogP contribution in [0.1, 0.15) is 37.9 Å². The molecule has 0 saturated carbocycles. The number of nitrogens with one attached hydrogen (secondary N) is 1. The largest absolute Gasteiger partial charge is 0.467 e. The van der Waals surface area contributed by atoms with Crippen molar-refractivity contribution in [2.75, 3.05) is 7.11 Å². The predicted molar refractivity (Wildman–Crippen MR) is 75.3 cm³/mol. The lowest BCUT2D eigenvalue weighted by Crippen LogP contribution is -2.38. The van der Waals surface area contributed by atoms with Crippen LogP contribution in [0.25, 0.3) is 0 Å². The summed E-state index contributed by atoms with van der Waals surface area (Å²) in [5, 5.41) is 11.2. The van der Waals surface area contributed by atoms with Crippen LogP contribution in [-0.4, -0.2) is 24.8 Å². The third kappa shape index (κ3) is 5.15. The molecule has 0 saturated heterocycles. The Labute approximate surface area is 123 Å². The molecule has 0 radical (unpaired) electrons. The number of hydrogen-bond acceptors (Lipinski definition) is 5. The van der Waals surface area contributed by atoms with Crippen LogP contribution in [0.3, 0.4) is 0 Å². The van der Waals surface area contributed by atoms with E-state index in [2.05, 4.69) is 10.1 Å². The average Bonchev–Trinajstić information content (AvgIpc) is 2.42. The first-order valence-corrected chi connectivity index (χ1v) is 6.34. The summed E-state index contributed by atoms with van der Waals surface area (Å²) in [5.41, 5.74) is 0.293. The third-order valence-corrected chi connectivity index (χ3v) is 2.47. The van der Waals surface area contributed by atoms with Crippen LogP contribution >= 0.6 is 0 Å². The van der Waals surface area contributed by atoms with Gasteiger partial charge in [-0.25, -0.2) is 9.59 Å². The number of hydrogen-bond donors (Lipinski definition) is 1. The summed E-state index contributed by atoms with van der Waals surface area (Å²) in [6, 6.07) is 7.27. The smallest absolute Gasteiger partial charge is 0.408 e. The standard InChI is InChI=1S/C15H18N2O4/c1-15(2,3)21-14(19)17-12(13(18)20-4)11-7-5-10(9-16)6-8-11/h5-8,12H,1-4H3,(H,17,19). The second-order valence-corrected chi connectivity index (χ2v) is 5.34. The minimum Gasteiger partial charge on any atom is -0.467 e. The zero-order chi connectivity index (χ0) is 16.0. The molecule has 1 unspecified atom stereocenters. The van der Waals surface area contributed by atoms with Gasteiger partial charge in [-0.1, -0.05) is 12.1 Å². The summed E-state index contributed by atoms with van der Waals surface area (Å²) < 4.78 is 9.80. The molecule has 1 N–H and O–H groups in total. The fraction of sp³-hybridized carbons (Fsp3) is 0.400. The second-order valence-electron chi connectivity index (χ2n) is 5.34. The van der Waals surface area contributed by atoms with Gasteiger partial charge in [-0.2, -0.15) is 5.26 Å². The summed E-state index contributed by atoms with van der Waals surface area (Å²) in [6.45, 7) is 5.17. The van der Waals surface area contributed by atoms with Gasteiger partial charge in [-0.15, -0.1) is 0 Å². The predicted octanol–water partition coefficient (Wildman–Crippen LogP) is 2.30. The van der Waals surface area contributed by atoms with Crippen LogP contribution in [0.4, 0.5) is 4.79 Å². The van der Waals surface area contributed by atoms with E-state index in [0.717, 1.165) is 0 Å². The molecule has 1 atom stereocenters. The third-order valence-electron chi connectivity index (χ3n) is 2.47. The van der Waals surface area contributed by atoms with Crippen molar-refractivity contribution in [3.8, 4) is 6.07 Å². The molecule has 1 aromatic carbocycles. The normalized spacial score (nSPS) is 12.0. The monoisotopic (exact) mass is 290 g/mol. The Kier molecular flexibility index (Phi) is 5.30. The van der Waals surface area contributed by atoms with Crippen molar-refractivity contribution < 1.29 is 19.1 Å². The number of rotatable bonds is 3. The molecule has 0 fully saturated rings. The number of alkyl carbamates (subject to hydrolysis) is 1. The van der Waals surface area contributed by atoms with Gasteiger partial charge < -0.3 is 14.8 Å². The molecule has 0 aliphatic rings. The van der Waals surface area contributed by atoms with Crippen LogP contribution in [0.2, 0.25) is 0 Å². The maximum absolute atomic E-state index is 11.8. The van der Waals surface area contributed by atoms with E-state index in [0.29, 0.717) is 11.1 Å². The Hall–Kier alpha value is -2.55. The van der Waals surface area contributed by atoms with Crippen LogP contribution in [0.15, 0.2) is 24.3 Å². The van der Waals surface area contributed by atoms with Crippen LogP contribution < -0.4 is 5.32 Å². The maximum Gasteiger partial charge on any atom is 0.408 e. The zero-order valence-corrected chi connectivity index (χ0v) is 12.5. The molecule has 0 spiro atoms. The lowest BCUT2D eigenvalue weighted by molar-refractivity contribution is -0.143. The van der Waals surface area contributed by atoms with Gasteiger partial charge >= 0.3 is 12.1 Å². The molecule has 0 aliphatic heterocycles. The molecular weight excluding hydrogens is 272 g/mol. The van der Waals surface area contributed by atoms with E-state index < -0.39 is 23.7 Å². The first kappa shape index (κ1) is 16.5. The topological polar surface area (TPSA) is 88.4 Å². The van der Waals surface area contributed by atoms with Gasteiger partial charge in [-0.3, -0.25) is 0 Å². The molecule has 21 heavy (non-hydrogen) atoms. The second kappa shape index (κ2) is 6.75. The number of amides is 1. The van der Waals surface area contributed by atoms with E-state index in [1.807, 2.05) is 6.07 Å². The molecule has 1 aromatic rings. The number of nitrogens with zero attached hydrogens (tertiary/aromatic N) is 1. The number of carbonyl (C=O) groups is 2. The number of carbonyl (C=O) groups excluding carboxylic acids is 2. The minimum absolute atomic E-state index is 0.458. The Morgan fingerprint density at radius 2 is 1.81 bits per heavy atom. The highest BCUT2D eigenvalue weighted by Gasteiger charge is 2.26. The molecule has 0 aliphatic carbocycles. The van der Waals surface area contributed by atoms with E-state index in [4.69, 9.17) is 10.00 Å². The first-order chi connectivity index (χ1) is 9.76. The fourth-order valence-corrected chi connectivity index (χ4v) is 1.57. The van der Waals surface area contributed by atoms with E-state index in [9.17, 15) is 9.59 Å². The van der Waals surface area contributed by atoms with Gasteiger partial charge in [0.2, 0.25) is 0 Å². The highest BCUT2D eigenvalue weighted by Crippen LogP contribution is 2.17. The van der Waals surface area contributed by atoms with Gasteiger partial charge in [0, 0.05) is 0 Å². The molecule has 1 rings (SSSR count). The van der Waals surface area contributed by atoms with Crippen LogP contribution in [0.5, 0.6) is 0 Å². The van der Waals surface area contributed by atoms with Crippen molar-refractivity contribution in [1.29, 1.82) is 5.26 Å². The number of nitriles is 1. The maximum atomic E-state index is 11.8. The van der Waals surface area contributed by atoms with Crippen molar-refractivity contribution in [2.24, 2.45) is 0 Å². The summed E-state index contributed by atoms with van der Waals surface area (Å²) in [5.74, 6) is -0.620. The van der Waals surface area contributed by atoms with Gasteiger partial charge in [0.1, 0.15) is 5.60 Å². The number of benzene rings is 1. The first-order valence-electron chi connectivity index (χ1n) is 6.34. The Balaban J connectivity index is 2.93. The summed E-state index contributed by atoms with van der Waals surface area (Å²) in [4.78, 5) is 23.6. The van der Waals surface area contributed by atoms with Crippen molar-refractivity contribution in [3.63, 3.8) is 0 Å². The minimum atomic E-state index is -0.988. The molecule has 6 heteroatoms. The molecule has 0 bridgehead atoms. The van der Waals surface area contributed by atoms with Crippen molar-refractivity contribution >= 4 is 12.1 Å². The highest BCUT2D eigenvalue weighted by molar-refractivity contribution is 5.82. The van der Waals surface area contributed by atoms with E-state index in [1.54, 1.807) is 45.0 Å².